The average Bonchev–Trinajstić information content (AvgIpc) is 3.14. The average molecular weight is 390 g/mol. The number of hydrogen-bond donors (Lipinski definition) is 0. The van der Waals surface area contributed by atoms with Gasteiger partial charge < -0.3 is 4.74 Å². The van der Waals surface area contributed by atoms with Crippen molar-refractivity contribution in [3.05, 3.63) is 23.6 Å². The fraction of sp³-hybridized carbons (Fsp3) is 0.708. The molecule has 1 aliphatic heterocycles. The molecule has 0 spiro atoms. The molecule has 0 bridgehead atoms. The molecular weight excluding hydrogens is 350 g/mol. The minimum absolute atomic E-state index is 0.766. The van der Waals surface area contributed by atoms with Crippen LogP contribution in [0.2, 0.25) is 0 Å². The van der Waals surface area contributed by atoms with Crippen molar-refractivity contribution in [2.75, 3.05) is 6.61 Å². The summed E-state index contributed by atoms with van der Waals surface area (Å²) >= 11 is 1.67. The van der Waals surface area contributed by atoms with Crippen LogP contribution in [0.4, 0.5) is 5.00 Å². The Bertz CT molecular complexity index is 560. The summed E-state index contributed by atoms with van der Waals surface area (Å²) in [6.45, 7) is 7.23. The van der Waals surface area contributed by atoms with Gasteiger partial charge in [0.05, 0.1) is 6.61 Å². The Labute approximate surface area is 171 Å². The number of fused-ring (bicyclic) bond motifs is 1. The van der Waals surface area contributed by atoms with Gasteiger partial charge >= 0.3 is 0 Å². The van der Waals surface area contributed by atoms with E-state index in [0.29, 0.717) is 0 Å². The Kier molecular flexibility index (Phi) is 11.5. The molecule has 2 nitrogen and oxygen atoms in total. The smallest absolute Gasteiger partial charge is 0.193 e. The molecule has 152 valence electrons. The van der Waals surface area contributed by atoms with Crippen LogP contribution in [0.1, 0.15) is 109 Å². The van der Waals surface area contributed by atoms with E-state index in [0.717, 1.165) is 35.9 Å². The van der Waals surface area contributed by atoms with Gasteiger partial charge in [-0.2, -0.15) is 0 Å². The van der Waals surface area contributed by atoms with Crippen molar-refractivity contribution in [3.63, 3.8) is 0 Å². The van der Waals surface area contributed by atoms with Crippen molar-refractivity contribution >= 4 is 27.8 Å². The van der Waals surface area contributed by atoms with Gasteiger partial charge in [0.25, 0.3) is 0 Å². The van der Waals surface area contributed by atoms with Crippen molar-refractivity contribution < 1.29 is 4.74 Å². The summed E-state index contributed by atoms with van der Waals surface area (Å²) < 4.78 is 5.88. The van der Waals surface area contributed by atoms with E-state index in [1.165, 1.54) is 89.0 Å². The van der Waals surface area contributed by atoms with Crippen molar-refractivity contribution in [3.8, 4) is 0 Å². The van der Waals surface area contributed by atoms with Gasteiger partial charge in [-0.15, -0.1) is 11.3 Å². The number of hydrogen-bond acceptors (Lipinski definition) is 3. The molecule has 0 N–H and O–H groups in total. The Morgan fingerprint density at radius 1 is 0.889 bits per heavy atom. The van der Waals surface area contributed by atoms with E-state index < -0.39 is 0 Å². The van der Waals surface area contributed by atoms with Crippen LogP contribution in [-0.4, -0.2) is 12.5 Å². The molecule has 0 saturated heterocycles. The number of unbranched alkanes of at least 4 members (excludes halogenated alkanes) is 13. The Balaban J connectivity index is 1.36. The van der Waals surface area contributed by atoms with Crippen LogP contribution in [0.5, 0.6) is 0 Å². The van der Waals surface area contributed by atoms with Crippen LogP contribution in [0, 0.1) is 0 Å². The second-order valence-corrected chi connectivity index (χ2v) is 8.76. The standard InChI is InChI=1S/C24H39NOS/c1-3-4-5-6-7-8-9-10-11-12-13-14-15-16-18-26-23-20-21(2)22-17-19-27-24(22)25-23/h17,19H,2-16,18,20H2,1H3. The first-order valence-corrected chi connectivity index (χ1v) is 12.1. The van der Waals surface area contributed by atoms with Gasteiger partial charge in [0, 0.05) is 12.0 Å². The summed E-state index contributed by atoms with van der Waals surface area (Å²) in [5.41, 5.74) is 2.33. The molecule has 0 unspecified atom stereocenters. The summed E-state index contributed by atoms with van der Waals surface area (Å²) in [5.74, 6) is 0.852. The van der Waals surface area contributed by atoms with E-state index in [9.17, 15) is 0 Å². The maximum Gasteiger partial charge on any atom is 0.193 e. The molecule has 1 aromatic heterocycles. The third-order valence-electron chi connectivity index (χ3n) is 5.38. The van der Waals surface area contributed by atoms with E-state index in [2.05, 4.69) is 29.9 Å². The third kappa shape index (κ3) is 9.10. The molecule has 0 radical (unpaired) electrons. The molecule has 3 heteroatoms. The minimum Gasteiger partial charge on any atom is -0.480 e. The van der Waals surface area contributed by atoms with Gasteiger partial charge in [0.1, 0.15) is 5.00 Å². The summed E-state index contributed by atoms with van der Waals surface area (Å²) in [6.07, 6.45) is 20.2. The van der Waals surface area contributed by atoms with Crippen molar-refractivity contribution in [2.45, 2.75) is 103 Å². The monoisotopic (exact) mass is 389 g/mol. The highest BCUT2D eigenvalue weighted by molar-refractivity contribution is 7.14. The Morgan fingerprint density at radius 3 is 2.04 bits per heavy atom. The second-order valence-electron chi connectivity index (χ2n) is 7.87. The predicted molar refractivity (Wildman–Crippen MR) is 121 cm³/mol. The van der Waals surface area contributed by atoms with E-state index in [1.54, 1.807) is 11.3 Å². The van der Waals surface area contributed by atoms with Crippen LogP contribution in [0.3, 0.4) is 0 Å². The van der Waals surface area contributed by atoms with E-state index in [1.807, 2.05) is 0 Å². The molecule has 2 heterocycles. The minimum atomic E-state index is 0.766. The number of rotatable bonds is 15. The zero-order chi connectivity index (χ0) is 19.2. The topological polar surface area (TPSA) is 21.6 Å². The second kappa shape index (κ2) is 14.0. The maximum atomic E-state index is 5.88. The summed E-state index contributed by atoms with van der Waals surface area (Å²) in [5, 5.41) is 3.14. The normalized spacial score (nSPS) is 13.5. The predicted octanol–water partition coefficient (Wildman–Crippen LogP) is 8.69. The Hall–Kier alpha value is -1.09. The first-order chi connectivity index (χ1) is 13.3. The molecule has 1 aliphatic rings. The molecule has 2 rings (SSSR count). The molecule has 0 aliphatic carbocycles. The lowest BCUT2D eigenvalue weighted by molar-refractivity contribution is 0.287. The van der Waals surface area contributed by atoms with Crippen molar-refractivity contribution in [1.29, 1.82) is 0 Å². The van der Waals surface area contributed by atoms with Gasteiger partial charge in [0.15, 0.2) is 5.90 Å². The zero-order valence-electron chi connectivity index (χ0n) is 17.4. The molecule has 0 amide bonds. The van der Waals surface area contributed by atoms with Gasteiger partial charge in [0.2, 0.25) is 0 Å². The van der Waals surface area contributed by atoms with Crippen LogP contribution < -0.4 is 0 Å². The Morgan fingerprint density at radius 2 is 1.44 bits per heavy atom. The molecule has 0 saturated carbocycles. The van der Waals surface area contributed by atoms with Crippen LogP contribution in [0.25, 0.3) is 5.57 Å². The van der Waals surface area contributed by atoms with Crippen molar-refractivity contribution in [1.82, 2.24) is 0 Å². The largest absolute Gasteiger partial charge is 0.480 e. The number of nitrogens with zero attached hydrogens (tertiary/aromatic N) is 1. The fourth-order valence-corrected chi connectivity index (χ4v) is 4.48. The summed E-state index contributed by atoms with van der Waals surface area (Å²) in [4.78, 5) is 4.61. The van der Waals surface area contributed by atoms with Gasteiger partial charge in [-0.3, -0.25) is 0 Å². The molecular formula is C24H39NOS. The molecule has 0 fully saturated rings. The third-order valence-corrected chi connectivity index (χ3v) is 6.19. The molecule has 0 atom stereocenters. The van der Waals surface area contributed by atoms with Crippen LogP contribution in [0.15, 0.2) is 23.0 Å². The first-order valence-electron chi connectivity index (χ1n) is 11.3. The van der Waals surface area contributed by atoms with E-state index >= 15 is 0 Å². The van der Waals surface area contributed by atoms with E-state index in [-0.39, 0.29) is 0 Å². The zero-order valence-corrected chi connectivity index (χ0v) is 18.3. The van der Waals surface area contributed by atoms with Crippen molar-refractivity contribution in [2.24, 2.45) is 4.99 Å². The number of aliphatic imine (C=N–C) groups is 1. The lowest BCUT2D eigenvalue weighted by Crippen LogP contribution is -2.09. The van der Waals surface area contributed by atoms with Gasteiger partial charge in [-0.05, 0) is 23.4 Å². The fourth-order valence-electron chi connectivity index (χ4n) is 3.66. The lowest BCUT2D eigenvalue weighted by Gasteiger charge is -2.15. The number of ether oxygens (including phenoxy) is 1. The van der Waals surface area contributed by atoms with Gasteiger partial charge in [-0.25, -0.2) is 4.99 Å². The summed E-state index contributed by atoms with van der Waals surface area (Å²) in [7, 11) is 0. The first kappa shape index (κ1) is 22.2. The summed E-state index contributed by atoms with van der Waals surface area (Å²) in [6, 6.07) is 2.11. The maximum absolute atomic E-state index is 5.88. The quantitative estimate of drug-likeness (QED) is 0.275. The molecule has 0 aromatic carbocycles. The van der Waals surface area contributed by atoms with E-state index in [4.69, 9.17) is 4.74 Å². The highest BCUT2D eigenvalue weighted by atomic mass is 32.1. The van der Waals surface area contributed by atoms with Gasteiger partial charge in [-0.1, -0.05) is 97.0 Å². The molecule has 27 heavy (non-hydrogen) atoms. The number of thiophene rings is 1. The highest BCUT2D eigenvalue weighted by Crippen LogP contribution is 2.37. The van der Waals surface area contributed by atoms with Crippen LogP contribution in [-0.2, 0) is 4.74 Å². The highest BCUT2D eigenvalue weighted by Gasteiger charge is 2.17. The molecule has 1 aromatic rings. The van der Waals surface area contributed by atoms with Crippen LogP contribution >= 0.6 is 11.3 Å². The lowest BCUT2D eigenvalue weighted by atomic mass is 10.0. The SMILES string of the molecule is C=C1CC(OCCCCCCCCCCCCCCCC)=Nc2sccc21.